The third-order valence-electron chi connectivity index (χ3n) is 6.54. The summed E-state index contributed by atoms with van der Waals surface area (Å²) in [5, 5.41) is 0. The molecule has 1 heterocycles. The van der Waals surface area contributed by atoms with E-state index in [-0.39, 0.29) is 5.60 Å². The van der Waals surface area contributed by atoms with Gasteiger partial charge in [-0.2, -0.15) is 0 Å². The van der Waals surface area contributed by atoms with Gasteiger partial charge in [-0.1, -0.05) is 39.0 Å². The molecule has 0 amide bonds. The van der Waals surface area contributed by atoms with Crippen LogP contribution in [0, 0.1) is 17.8 Å². The van der Waals surface area contributed by atoms with Gasteiger partial charge in [-0.25, -0.2) is 0 Å². The van der Waals surface area contributed by atoms with E-state index in [4.69, 9.17) is 10.5 Å². The van der Waals surface area contributed by atoms with Gasteiger partial charge >= 0.3 is 0 Å². The zero-order valence-electron chi connectivity index (χ0n) is 13.3. The van der Waals surface area contributed by atoms with Crippen molar-refractivity contribution in [1.29, 1.82) is 0 Å². The Kier molecular flexibility index (Phi) is 4.72. The Balaban J connectivity index is 1.59. The highest BCUT2D eigenvalue weighted by Gasteiger charge is 2.43. The predicted molar refractivity (Wildman–Crippen MR) is 83.6 cm³/mol. The summed E-state index contributed by atoms with van der Waals surface area (Å²) in [6.45, 7) is 3.31. The first-order valence-corrected chi connectivity index (χ1v) is 9.12. The average molecular weight is 279 g/mol. The van der Waals surface area contributed by atoms with Crippen LogP contribution >= 0.6 is 0 Å². The summed E-state index contributed by atoms with van der Waals surface area (Å²) in [5.41, 5.74) is 6.97. The van der Waals surface area contributed by atoms with Gasteiger partial charge in [0.1, 0.15) is 0 Å². The highest BCUT2D eigenvalue weighted by Crippen LogP contribution is 2.44. The maximum absolute atomic E-state index is 6.74. The van der Waals surface area contributed by atoms with Crippen LogP contribution < -0.4 is 5.73 Å². The van der Waals surface area contributed by atoms with Gasteiger partial charge in [-0.3, -0.25) is 0 Å². The molecule has 0 bridgehead atoms. The Bertz CT molecular complexity index is 311. The zero-order chi connectivity index (χ0) is 14.0. The molecule has 3 rings (SSSR count). The molecular weight excluding hydrogens is 246 g/mol. The van der Waals surface area contributed by atoms with Crippen LogP contribution in [-0.2, 0) is 4.74 Å². The minimum Gasteiger partial charge on any atom is -0.375 e. The Morgan fingerprint density at radius 1 is 1.10 bits per heavy atom. The molecule has 20 heavy (non-hydrogen) atoms. The van der Waals surface area contributed by atoms with Crippen LogP contribution in [0.2, 0.25) is 0 Å². The zero-order valence-corrected chi connectivity index (χ0v) is 13.3. The van der Waals surface area contributed by atoms with E-state index in [1.54, 1.807) is 0 Å². The average Bonchev–Trinajstić information content (AvgIpc) is 2.94. The Morgan fingerprint density at radius 2 is 1.90 bits per heavy atom. The first-order valence-electron chi connectivity index (χ1n) is 9.12. The standard InChI is InChI=1S/C18H33NO/c1-2-14-6-5-7-15(12-14)17(19)16-8-11-20-18(13-16)9-3-4-10-18/h14-17H,2-13,19H2,1H3. The molecular formula is C18H33NO. The topological polar surface area (TPSA) is 35.2 Å². The van der Waals surface area contributed by atoms with Crippen molar-refractivity contribution in [3.05, 3.63) is 0 Å². The summed E-state index contributed by atoms with van der Waals surface area (Å²) in [6, 6.07) is 0.436. The molecule has 3 fully saturated rings. The number of nitrogens with two attached hydrogens (primary N) is 1. The molecule has 0 radical (unpaired) electrons. The molecule has 4 unspecified atom stereocenters. The van der Waals surface area contributed by atoms with Crippen molar-refractivity contribution in [3.8, 4) is 0 Å². The smallest absolute Gasteiger partial charge is 0.0685 e. The first kappa shape index (κ1) is 14.8. The van der Waals surface area contributed by atoms with Crippen LogP contribution in [0.4, 0.5) is 0 Å². The van der Waals surface area contributed by atoms with Crippen molar-refractivity contribution in [2.75, 3.05) is 6.61 Å². The monoisotopic (exact) mass is 279 g/mol. The van der Waals surface area contributed by atoms with E-state index in [1.807, 2.05) is 0 Å². The Hall–Kier alpha value is -0.0800. The van der Waals surface area contributed by atoms with Crippen LogP contribution in [0.15, 0.2) is 0 Å². The lowest BCUT2D eigenvalue weighted by Crippen LogP contribution is -2.47. The van der Waals surface area contributed by atoms with Gasteiger partial charge in [0, 0.05) is 12.6 Å². The lowest BCUT2D eigenvalue weighted by atomic mass is 9.70. The molecule has 1 aliphatic heterocycles. The van der Waals surface area contributed by atoms with E-state index in [1.165, 1.54) is 70.6 Å². The van der Waals surface area contributed by atoms with Crippen LogP contribution in [0.1, 0.15) is 77.6 Å². The van der Waals surface area contributed by atoms with E-state index < -0.39 is 0 Å². The van der Waals surface area contributed by atoms with E-state index in [0.29, 0.717) is 6.04 Å². The molecule has 0 aromatic carbocycles. The summed E-state index contributed by atoms with van der Waals surface area (Å²) >= 11 is 0. The van der Waals surface area contributed by atoms with Crippen LogP contribution in [0.5, 0.6) is 0 Å². The molecule has 2 saturated carbocycles. The summed E-state index contributed by atoms with van der Waals surface area (Å²) < 4.78 is 6.18. The van der Waals surface area contributed by atoms with Gasteiger partial charge in [0.25, 0.3) is 0 Å². The largest absolute Gasteiger partial charge is 0.375 e. The first-order chi connectivity index (χ1) is 9.72. The fraction of sp³-hybridized carbons (Fsp3) is 1.00. The van der Waals surface area contributed by atoms with Crippen molar-refractivity contribution in [3.63, 3.8) is 0 Å². The van der Waals surface area contributed by atoms with Gasteiger partial charge in [0.05, 0.1) is 5.60 Å². The summed E-state index contributed by atoms with van der Waals surface area (Å²) in [4.78, 5) is 0. The number of rotatable bonds is 3. The summed E-state index contributed by atoms with van der Waals surface area (Å²) in [7, 11) is 0. The molecule has 2 N–H and O–H groups in total. The van der Waals surface area contributed by atoms with Gasteiger partial charge in [0.2, 0.25) is 0 Å². The number of hydrogen-bond donors (Lipinski definition) is 1. The molecule has 1 saturated heterocycles. The van der Waals surface area contributed by atoms with Gasteiger partial charge < -0.3 is 10.5 Å². The van der Waals surface area contributed by atoms with E-state index >= 15 is 0 Å². The van der Waals surface area contributed by atoms with Gasteiger partial charge in [-0.15, -0.1) is 0 Å². The summed E-state index contributed by atoms with van der Waals surface area (Å²) in [6.07, 6.45) is 14.7. The predicted octanol–water partition coefficient (Wildman–Crippen LogP) is 4.27. The summed E-state index contributed by atoms with van der Waals surface area (Å²) in [5.74, 6) is 2.46. The third-order valence-corrected chi connectivity index (χ3v) is 6.54. The van der Waals surface area contributed by atoms with Crippen molar-refractivity contribution in [2.45, 2.75) is 89.2 Å². The lowest BCUT2D eigenvalue weighted by molar-refractivity contribution is -0.0997. The molecule has 116 valence electrons. The highest BCUT2D eigenvalue weighted by molar-refractivity contribution is 4.95. The van der Waals surface area contributed by atoms with E-state index in [9.17, 15) is 0 Å². The Labute approximate surface area is 124 Å². The van der Waals surface area contributed by atoms with E-state index in [2.05, 4.69) is 6.92 Å². The van der Waals surface area contributed by atoms with Crippen molar-refractivity contribution in [1.82, 2.24) is 0 Å². The minimum absolute atomic E-state index is 0.235. The number of ether oxygens (including phenoxy) is 1. The van der Waals surface area contributed by atoms with Crippen LogP contribution in [0.25, 0.3) is 0 Å². The molecule has 0 aromatic heterocycles. The second-order valence-corrected chi connectivity index (χ2v) is 7.77. The molecule has 2 nitrogen and oxygen atoms in total. The van der Waals surface area contributed by atoms with E-state index in [0.717, 1.165) is 24.4 Å². The third kappa shape index (κ3) is 3.06. The maximum Gasteiger partial charge on any atom is 0.0685 e. The normalized spacial score (nSPS) is 39.0. The van der Waals surface area contributed by atoms with Crippen LogP contribution in [-0.4, -0.2) is 18.2 Å². The molecule has 2 aliphatic carbocycles. The minimum atomic E-state index is 0.235. The molecule has 2 heteroatoms. The van der Waals surface area contributed by atoms with Crippen molar-refractivity contribution >= 4 is 0 Å². The fourth-order valence-corrected chi connectivity index (χ4v) is 5.20. The second-order valence-electron chi connectivity index (χ2n) is 7.77. The quantitative estimate of drug-likeness (QED) is 0.837. The van der Waals surface area contributed by atoms with Gasteiger partial charge in [-0.05, 0) is 56.3 Å². The maximum atomic E-state index is 6.74. The molecule has 0 aromatic rings. The Morgan fingerprint density at radius 3 is 2.65 bits per heavy atom. The molecule has 1 spiro atoms. The van der Waals surface area contributed by atoms with Crippen molar-refractivity contribution < 1.29 is 4.74 Å². The second kappa shape index (κ2) is 6.36. The van der Waals surface area contributed by atoms with Crippen LogP contribution in [0.3, 0.4) is 0 Å². The highest BCUT2D eigenvalue weighted by atomic mass is 16.5. The fourth-order valence-electron chi connectivity index (χ4n) is 5.20. The molecule has 4 atom stereocenters. The SMILES string of the molecule is CCC1CCCC(C(N)C2CCOC3(CCCC3)C2)C1. The molecule has 3 aliphatic rings. The lowest BCUT2D eigenvalue weighted by Gasteiger charge is -2.43. The van der Waals surface area contributed by atoms with Crippen molar-refractivity contribution in [2.24, 2.45) is 23.5 Å². The number of hydrogen-bond acceptors (Lipinski definition) is 2. The van der Waals surface area contributed by atoms with Gasteiger partial charge in [0.15, 0.2) is 0 Å².